The van der Waals surface area contributed by atoms with Crippen molar-refractivity contribution in [3.8, 4) is 0 Å². The van der Waals surface area contributed by atoms with Gasteiger partial charge in [0.2, 0.25) is 11.8 Å². The fraction of sp³-hybridized carbons (Fsp3) is 0.412. The molecule has 11 heteroatoms. The number of hydrogen-bond acceptors (Lipinski definition) is 9. The number of anilines is 1. The Morgan fingerprint density at radius 2 is 1.93 bits per heavy atom. The first-order chi connectivity index (χ1) is 13.4. The van der Waals surface area contributed by atoms with Crippen molar-refractivity contribution < 1.29 is 23.1 Å². The topological polar surface area (TPSA) is 149 Å². The molecule has 0 fully saturated rings. The summed E-state index contributed by atoms with van der Waals surface area (Å²) in [6, 6.07) is -0.0526. The number of aromatic nitrogens is 4. The van der Waals surface area contributed by atoms with Gasteiger partial charge in [0.25, 0.3) is 5.91 Å². The number of carbonyl (C=O) groups excluding carboxylic acids is 2. The second-order valence-corrected chi connectivity index (χ2v) is 6.16. The molecule has 3 rings (SSSR count). The molecule has 2 amide bonds. The third-order valence-corrected chi connectivity index (χ3v) is 3.92. The van der Waals surface area contributed by atoms with Gasteiger partial charge in [0.1, 0.15) is 12.0 Å². The minimum absolute atomic E-state index is 0.0526. The Balaban J connectivity index is 1.45. The molecule has 148 valence electrons. The molecule has 0 aliphatic carbocycles. The van der Waals surface area contributed by atoms with Crippen molar-refractivity contribution in [1.29, 1.82) is 0 Å². The summed E-state index contributed by atoms with van der Waals surface area (Å²) in [5.41, 5.74) is 1.43. The summed E-state index contributed by atoms with van der Waals surface area (Å²) in [4.78, 5) is 32.3. The minimum atomic E-state index is -0.406. The first-order valence-electron chi connectivity index (χ1n) is 8.67. The van der Waals surface area contributed by atoms with Crippen molar-refractivity contribution in [1.82, 2.24) is 25.6 Å². The zero-order chi connectivity index (χ0) is 20.1. The van der Waals surface area contributed by atoms with Crippen molar-refractivity contribution in [2.24, 2.45) is 0 Å². The first-order valence-corrected chi connectivity index (χ1v) is 8.67. The van der Waals surface area contributed by atoms with Gasteiger partial charge in [-0.25, -0.2) is 0 Å². The summed E-state index contributed by atoms with van der Waals surface area (Å²) in [5, 5.41) is 12.7. The smallest absolute Gasteiger partial charge is 0.302 e. The molecule has 0 saturated heterocycles. The molecule has 0 bridgehead atoms. The van der Waals surface area contributed by atoms with E-state index in [-0.39, 0.29) is 24.0 Å². The van der Waals surface area contributed by atoms with Crippen LogP contribution < -0.4 is 10.6 Å². The molecule has 0 unspecified atom stereocenters. The number of aryl methyl sites for hydroxylation is 4. The molecule has 3 aromatic heterocycles. The third kappa shape index (κ3) is 4.81. The zero-order valence-corrected chi connectivity index (χ0v) is 15.7. The molecule has 2 N–H and O–H groups in total. The molecule has 0 aliphatic rings. The Morgan fingerprint density at radius 1 is 1.11 bits per heavy atom. The molecule has 3 aromatic rings. The predicted molar refractivity (Wildman–Crippen MR) is 94.5 cm³/mol. The average Bonchev–Trinajstić information content (AvgIpc) is 3.36. The number of carbonyl (C=O) groups is 2. The van der Waals surface area contributed by atoms with E-state index in [1.807, 2.05) is 0 Å². The second-order valence-electron chi connectivity index (χ2n) is 6.16. The Kier molecular flexibility index (Phi) is 5.82. The van der Waals surface area contributed by atoms with Crippen molar-refractivity contribution in [3.63, 3.8) is 0 Å². The molecule has 0 radical (unpaired) electrons. The van der Waals surface area contributed by atoms with Crippen LogP contribution in [-0.2, 0) is 17.6 Å². The van der Waals surface area contributed by atoms with Crippen LogP contribution in [0.3, 0.4) is 0 Å². The monoisotopic (exact) mass is 388 g/mol. The maximum absolute atomic E-state index is 12.1. The lowest BCUT2D eigenvalue weighted by molar-refractivity contribution is -0.115. The summed E-state index contributed by atoms with van der Waals surface area (Å²) in [6.07, 6.45) is 2.44. The quantitative estimate of drug-likeness (QED) is 0.547. The molecule has 3 heterocycles. The molecule has 0 aliphatic heterocycles. The van der Waals surface area contributed by atoms with Gasteiger partial charge in [-0.05, 0) is 27.2 Å². The van der Waals surface area contributed by atoms with Crippen LogP contribution in [0, 0.1) is 20.8 Å². The number of hydrogen-bond donors (Lipinski definition) is 2. The maximum Gasteiger partial charge on any atom is 0.302 e. The highest BCUT2D eigenvalue weighted by Crippen LogP contribution is 2.14. The van der Waals surface area contributed by atoms with Crippen LogP contribution in [0.5, 0.6) is 0 Å². The van der Waals surface area contributed by atoms with E-state index in [0.29, 0.717) is 48.1 Å². The molecule has 0 atom stereocenters. The van der Waals surface area contributed by atoms with E-state index in [1.54, 1.807) is 20.8 Å². The highest BCUT2D eigenvalue weighted by Gasteiger charge is 2.17. The number of nitrogens with zero attached hydrogens (tertiary/aromatic N) is 4. The van der Waals surface area contributed by atoms with Crippen molar-refractivity contribution in [3.05, 3.63) is 40.7 Å². The number of amides is 2. The van der Waals surface area contributed by atoms with E-state index < -0.39 is 5.91 Å². The van der Waals surface area contributed by atoms with Crippen LogP contribution in [0.1, 0.15) is 45.6 Å². The van der Waals surface area contributed by atoms with E-state index in [4.69, 9.17) is 13.5 Å². The Bertz CT molecular complexity index is 953. The Morgan fingerprint density at radius 3 is 2.61 bits per heavy atom. The standard InChI is InChI=1S/C17H20N6O5/c1-9-12(10(2)27-22-9)7-14(24)21-17-20-13(8-26-17)16(25)18-6-4-5-15-19-11(3)23-28-15/h8H,4-7H2,1-3H3,(H,18,25)(H,20,21,24). The zero-order valence-electron chi connectivity index (χ0n) is 15.7. The van der Waals surface area contributed by atoms with E-state index >= 15 is 0 Å². The maximum atomic E-state index is 12.1. The van der Waals surface area contributed by atoms with Gasteiger partial charge in [0, 0.05) is 18.5 Å². The lowest BCUT2D eigenvalue weighted by atomic mass is 10.1. The van der Waals surface area contributed by atoms with E-state index in [0.717, 1.165) is 0 Å². The minimum Gasteiger partial charge on any atom is -0.431 e. The van der Waals surface area contributed by atoms with E-state index in [2.05, 4.69) is 30.9 Å². The molecule has 0 saturated carbocycles. The molecule has 0 aromatic carbocycles. The SMILES string of the molecule is Cc1noc(CCCNC(=O)c2coc(NC(=O)Cc3c(C)noc3C)n2)n1. The molecule has 28 heavy (non-hydrogen) atoms. The van der Waals surface area contributed by atoms with Gasteiger partial charge in [-0.15, -0.1) is 0 Å². The number of nitrogens with one attached hydrogen (secondary N) is 2. The van der Waals surface area contributed by atoms with Crippen LogP contribution in [0.2, 0.25) is 0 Å². The lowest BCUT2D eigenvalue weighted by Gasteiger charge is -2.01. The number of oxazole rings is 1. The van der Waals surface area contributed by atoms with E-state index in [9.17, 15) is 9.59 Å². The summed E-state index contributed by atoms with van der Waals surface area (Å²) in [6.45, 7) is 5.63. The van der Waals surface area contributed by atoms with Crippen LogP contribution >= 0.6 is 0 Å². The van der Waals surface area contributed by atoms with Gasteiger partial charge in [-0.2, -0.15) is 9.97 Å². The second kappa shape index (κ2) is 8.46. The predicted octanol–water partition coefficient (Wildman–Crippen LogP) is 1.51. The van der Waals surface area contributed by atoms with Crippen LogP contribution in [0.25, 0.3) is 0 Å². The van der Waals surface area contributed by atoms with Gasteiger partial charge >= 0.3 is 6.01 Å². The van der Waals surface area contributed by atoms with Crippen LogP contribution in [-0.4, -0.2) is 38.6 Å². The van der Waals surface area contributed by atoms with Crippen molar-refractivity contribution >= 4 is 17.8 Å². The summed E-state index contributed by atoms with van der Waals surface area (Å²) in [5.74, 6) is 0.924. The van der Waals surface area contributed by atoms with Crippen molar-refractivity contribution in [2.75, 3.05) is 11.9 Å². The fourth-order valence-electron chi connectivity index (χ4n) is 2.49. The summed E-state index contributed by atoms with van der Waals surface area (Å²) < 4.78 is 15.2. The first kappa shape index (κ1) is 19.3. The molecular weight excluding hydrogens is 368 g/mol. The highest BCUT2D eigenvalue weighted by molar-refractivity contribution is 5.94. The van der Waals surface area contributed by atoms with Crippen molar-refractivity contribution in [2.45, 2.75) is 40.0 Å². The molecular formula is C17H20N6O5. The summed E-state index contributed by atoms with van der Waals surface area (Å²) >= 11 is 0. The normalized spacial score (nSPS) is 10.8. The third-order valence-electron chi connectivity index (χ3n) is 3.92. The number of rotatable bonds is 8. The average molecular weight is 388 g/mol. The van der Waals surface area contributed by atoms with Crippen LogP contribution in [0.15, 0.2) is 19.7 Å². The molecule has 11 nitrogen and oxygen atoms in total. The fourth-order valence-corrected chi connectivity index (χ4v) is 2.49. The highest BCUT2D eigenvalue weighted by atomic mass is 16.5. The Hall–Kier alpha value is -3.50. The van der Waals surface area contributed by atoms with Gasteiger partial charge < -0.3 is 18.8 Å². The van der Waals surface area contributed by atoms with Gasteiger partial charge in [0.15, 0.2) is 11.5 Å². The lowest BCUT2D eigenvalue weighted by Crippen LogP contribution is -2.25. The Labute approximate surface area is 159 Å². The van der Waals surface area contributed by atoms with Crippen LogP contribution in [0.4, 0.5) is 6.01 Å². The molecule has 0 spiro atoms. The van der Waals surface area contributed by atoms with Gasteiger partial charge in [-0.1, -0.05) is 10.3 Å². The summed E-state index contributed by atoms with van der Waals surface area (Å²) in [7, 11) is 0. The van der Waals surface area contributed by atoms with Gasteiger partial charge in [-0.3, -0.25) is 14.9 Å². The van der Waals surface area contributed by atoms with Gasteiger partial charge in [0.05, 0.1) is 12.1 Å². The largest absolute Gasteiger partial charge is 0.431 e. The van der Waals surface area contributed by atoms with E-state index in [1.165, 1.54) is 6.26 Å².